The van der Waals surface area contributed by atoms with Gasteiger partial charge in [0.2, 0.25) is 5.65 Å². The fourth-order valence-electron chi connectivity index (χ4n) is 2.27. The smallest absolute Gasteiger partial charge is 0.308 e. The molecule has 94 valence electrons. The number of carboxylic acid groups (broad SMARTS) is 1. The summed E-state index contributed by atoms with van der Waals surface area (Å²) in [5.74, 6) is -0.458. The van der Waals surface area contributed by atoms with E-state index in [1.807, 2.05) is 4.90 Å². The summed E-state index contributed by atoms with van der Waals surface area (Å²) in [5.41, 5.74) is 1.08. The third kappa shape index (κ3) is 1.75. The summed E-state index contributed by atoms with van der Waals surface area (Å²) in [7, 11) is 0. The molecule has 3 rings (SSSR count). The highest BCUT2D eigenvalue weighted by Gasteiger charge is 2.27. The Morgan fingerprint density at radius 1 is 1.44 bits per heavy atom. The van der Waals surface area contributed by atoms with Crippen LogP contribution in [0, 0.1) is 5.92 Å². The van der Waals surface area contributed by atoms with E-state index in [4.69, 9.17) is 5.11 Å². The molecular formula is C10H12N6O2. The molecular weight excluding hydrogens is 236 g/mol. The first-order valence-electron chi connectivity index (χ1n) is 5.75. The third-order valence-electron chi connectivity index (χ3n) is 3.17. The zero-order valence-corrected chi connectivity index (χ0v) is 9.57. The number of H-pyrrole nitrogens is 1. The number of anilines is 1. The van der Waals surface area contributed by atoms with Crippen LogP contribution in [0.3, 0.4) is 0 Å². The van der Waals surface area contributed by atoms with Gasteiger partial charge in [0.15, 0.2) is 11.3 Å². The van der Waals surface area contributed by atoms with E-state index < -0.39 is 5.97 Å². The normalized spacial score (nSPS) is 20.2. The maximum Gasteiger partial charge on any atom is 0.308 e. The van der Waals surface area contributed by atoms with Crippen molar-refractivity contribution >= 4 is 23.0 Å². The van der Waals surface area contributed by atoms with Crippen molar-refractivity contribution in [1.82, 2.24) is 25.4 Å². The lowest BCUT2D eigenvalue weighted by Gasteiger charge is -2.31. The van der Waals surface area contributed by atoms with Gasteiger partial charge in [0.1, 0.15) is 6.33 Å². The summed E-state index contributed by atoms with van der Waals surface area (Å²) < 4.78 is 0. The van der Waals surface area contributed by atoms with Gasteiger partial charge in [-0.25, -0.2) is 9.97 Å². The largest absolute Gasteiger partial charge is 0.481 e. The first kappa shape index (κ1) is 10.9. The van der Waals surface area contributed by atoms with Crippen LogP contribution in [0.25, 0.3) is 11.2 Å². The highest BCUT2D eigenvalue weighted by molar-refractivity contribution is 5.82. The van der Waals surface area contributed by atoms with E-state index >= 15 is 0 Å². The Hall–Kier alpha value is -2.25. The monoisotopic (exact) mass is 248 g/mol. The second-order valence-corrected chi connectivity index (χ2v) is 4.32. The number of aromatic nitrogens is 5. The summed E-state index contributed by atoms with van der Waals surface area (Å²) in [5, 5.41) is 19.5. The summed E-state index contributed by atoms with van der Waals surface area (Å²) in [6, 6.07) is 0. The standard InChI is InChI=1S/C10H12N6O2/c17-10(18)6-2-1-3-16(4-6)9-7-8(11-5-12-9)14-15-13-7/h5-6H,1-4H2,(H,17,18)(H,11,12,13,14,15). The predicted octanol–water partition coefficient (Wildman–Crippen LogP) is 0.0489. The SMILES string of the molecule is O=C(O)C1CCCN(c2ncnc3n[nH]nc23)C1. The summed E-state index contributed by atoms with van der Waals surface area (Å²) >= 11 is 0. The number of aromatic amines is 1. The van der Waals surface area contributed by atoms with Gasteiger partial charge in [-0.3, -0.25) is 4.79 Å². The van der Waals surface area contributed by atoms with Crippen LogP contribution in [0.1, 0.15) is 12.8 Å². The summed E-state index contributed by atoms with van der Waals surface area (Å²) in [4.78, 5) is 21.2. The maximum atomic E-state index is 11.1. The molecule has 0 bridgehead atoms. The quantitative estimate of drug-likeness (QED) is 0.772. The van der Waals surface area contributed by atoms with E-state index in [1.54, 1.807) is 0 Å². The Morgan fingerprint density at radius 2 is 2.33 bits per heavy atom. The van der Waals surface area contributed by atoms with Gasteiger partial charge in [-0.2, -0.15) is 10.3 Å². The molecule has 3 heterocycles. The van der Waals surface area contributed by atoms with E-state index in [0.29, 0.717) is 29.9 Å². The maximum absolute atomic E-state index is 11.1. The predicted molar refractivity (Wildman–Crippen MR) is 62.1 cm³/mol. The molecule has 1 fully saturated rings. The van der Waals surface area contributed by atoms with Crippen LogP contribution in [0.5, 0.6) is 0 Å². The fraction of sp³-hybridized carbons (Fsp3) is 0.500. The molecule has 0 saturated carbocycles. The minimum atomic E-state index is -0.759. The Morgan fingerprint density at radius 3 is 3.17 bits per heavy atom. The van der Waals surface area contributed by atoms with Crippen LogP contribution in [-0.2, 0) is 4.79 Å². The van der Waals surface area contributed by atoms with Crippen molar-refractivity contribution in [2.45, 2.75) is 12.8 Å². The Balaban J connectivity index is 1.94. The lowest BCUT2D eigenvalue weighted by molar-refractivity contribution is -0.141. The topological polar surface area (TPSA) is 108 Å². The van der Waals surface area contributed by atoms with Crippen molar-refractivity contribution in [2.24, 2.45) is 5.92 Å². The molecule has 0 amide bonds. The zero-order valence-electron chi connectivity index (χ0n) is 9.57. The molecule has 8 nitrogen and oxygen atoms in total. The minimum Gasteiger partial charge on any atom is -0.481 e. The van der Waals surface area contributed by atoms with Crippen molar-refractivity contribution in [1.29, 1.82) is 0 Å². The lowest BCUT2D eigenvalue weighted by atomic mass is 9.98. The molecule has 18 heavy (non-hydrogen) atoms. The first-order valence-corrected chi connectivity index (χ1v) is 5.75. The van der Waals surface area contributed by atoms with Crippen molar-refractivity contribution in [3.8, 4) is 0 Å². The molecule has 1 unspecified atom stereocenters. The Bertz CT molecular complexity index is 583. The van der Waals surface area contributed by atoms with Crippen molar-refractivity contribution in [2.75, 3.05) is 18.0 Å². The Kier molecular flexibility index (Phi) is 2.54. The van der Waals surface area contributed by atoms with Crippen molar-refractivity contribution in [3.05, 3.63) is 6.33 Å². The summed E-state index contributed by atoms with van der Waals surface area (Å²) in [6.07, 6.45) is 2.96. The minimum absolute atomic E-state index is 0.351. The number of piperidine rings is 1. The number of hydrogen-bond acceptors (Lipinski definition) is 6. The van der Waals surface area contributed by atoms with Crippen LogP contribution < -0.4 is 4.90 Å². The fourth-order valence-corrected chi connectivity index (χ4v) is 2.27. The number of nitrogens with one attached hydrogen (secondary N) is 1. The zero-order chi connectivity index (χ0) is 12.5. The Labute approximate surface area is 102 Å². The molecule has 8 heteroatoms. The van der Waals surface area contributed by atoms with E-state index in [-0.39, 0.29) is 5.92 Å². The summed E-state index contributed by atoms with van der Waals surface area (Å²) in [6.45, 7) is 1.23. The van der Waals surface area contributed by atoms with E-state index in [2.05, 4.69) is 25.4 Å². The van der Waals surface area contributed by atoms with Gasteiger partial charge in [-0.15, -0.1) is 5.10 Å². The molecule has 1 aliphatic heterocycles. The number of carbonyl (C=O) groups is 1. The molecule has 2 aromatic heterocycles. The molecule has 0 aliphatic carbocycles. The number of fused-ring (bicyclic) bond motifs is 1. The van der Waals surface area contributed by atoms with E-state index in [1.165, 1.54) is 6.33 Å². The van der Waals surface area contributed by atoms with Gasteiger partial charge < -0.3 is 10.0 Å². The highest BCUT2D eigenvalue weighted by Crippen LogP contribution is 2.25. The van der Waals surface area contributed by atoms with Crippen LogP contribution in [0.15, 0.2) is 6.33 Å². The highest BCUT2D eigenvalue weighted by atomic mass is 16.4. The van der Waals surface area contributed by atoms with E-state index in [9.17, 15) is 4.79 Å². The molecule has 2 aromatic rings. The van der Waals surface area contributed by atoms with Crippen LogP contribution in [0.4, 0.5) is 5.82 Å². The molecule has 0 radical (unpaired) electrons. The van der Waals surface area contributed by atoms with Gasteiger partial charge in [0, 0.05) is 13.1 Å². The first-order chi connectivity index (χ1) is 8.75. The molecule has 1 aliphatic rings. The van der Waals surface area contributed by atoms with Crippen LogP contribution >= 0.6 is 0 Å². The molecule has 1 atom stereocenters. The number of nitrogens with zero attached hydrogens (tertiary/aromatic N) is 5. The van der Waals surface area contributed by atoms with Gasteiger partial charge in [0.25, 0.3) is 0 Å². The number of aliphatic carboxylic acids is 1. The van der Waals surface area contributed by atoms with Crippen molar-refractivity contribution in [3.63, 3.8) is 0 Å². The average molecular weight is 248 g/mol. The van der Waals surface area contributed by atoms with Gasteiger partial charge in [-0.05, 0) is 12.8 Å². The number of hydrogen-bond donors (Lipinski definition) is 2. The molecule has 0 spiro atoms. The number of rotatable bonds is 2. The molecule has 0 aromatic carbocycles. The van der Waals surface area contributed by atoms with Gasteiger partial charge in [0.05, 0.1) is 5.92 Å². The van der Waals surface area contributed by atoms with Crippen LogP contribution in [-0.4, -0.2) is 49.5 Å². The van der Waals surface area contributed by atoms with Gasteiger partial charge in [-0.1, -0.05) is 0 Å². The molecule has 2 N–H and O–H groups in total. The average Bonchev–Trinajstić information content (AvgIpc) is 2.87. The second-order valence-electron chi connectivity index (χ2n) is 4.32. The molecule has 1 saturated heterocycles. The second kappa shape index (κ2) is 4.21. The third-order valence-corrected chi connectivity index (χ3v) is 3.17. The number of carboxylic acids is 1. The lowest BCUT2D eigenvalue weighted by Crippen LogP contribution is -2.39. The van der Waals surface area contributed by atoms with E-state index in [0.717, 1.165) is 13.0 Å². The van der Waals surface area contributed by atoms with Crippen LogP contribution in [0.2, 0.25) is 0 Å². The van der Waals surface area contributed by atoms with Crippen molar-refractivity contribution < 1.29 is 9.90 Å². The van der Waals surface area contributed by atoms with Gasteiger partial charge >= 0.3 is 5.97 Å².